The zero-order valence-electron chi connectivity index (χ0n) is 12.1. The second-order valence-electron chi connectivity index (χ2n) is 4.57. The molecule has 0 aliphatic rings. The van der Waals surface area contributed by atoms with Crippen molar-refractivity contribution in [2.75, 3.05) is 12.4 Å². The van der Waals surface area contributed by atoms with Crippen LogP contribution < -0.4 is 10.1 Å². The molecule has 1 amide bonds. The van der Waals surface area contributed by atoms with Crippen molar-refractivity contribution in [3.05, 3.63) is 48.8 Å². The average molecular weight is 298 g/mol. The smallest absolute Gasteiger partial charge is 0.295 e. The summed E-state index contributed by atoms with van der Waals surface area (Å²) >= 11 is 0. The van der Waals surface area contributed by atoms with E-state index in [4.69, 9.17) is 9.15 Å². The molecule has 2 heterocycles. The molecule has 1 aromatic carbocycles. The van der Waals surface area contributed by atoms with Crippen molar-refractivity contribution in [2.45, 2.75) is 0 Å². The first kappa shape index (κ1) is 13.9. The molecule has 0 bridgehead atoms. The fourth-order valence-corrected chi connectivity index (χ4v) is 2.05. The number of benzene rings is 1. The van der Waals surface area contributed by atoms with Gasteiger partial charge in [-0.2, -0.15) is 0 Å². The van der Waals surface area contributed by atoms with Crippen LogP contribution in [0.2, 0.25) is 0 Å². The minimum atomic E-state index is -0.396. The highest BCUT2D eigenvalue weighted by Gasteiger charge is 2.14. The fraction of sp³-hybridized carbons (Fsp3) is 0.133. The van der Waals surface area contributed by atoms with Gasteiger partial charge in [-0.25, -0.2) is 9.97 Å². The van der Waals surface area contributed by atoms with Crippen molar-refractivity contribution < 1.29 is 13.9 Å². The van der Waals surface area contributed by atoms with Crippen molar-refractivity contribution in [3.8, 4) is 17.0 Å². The van der Waals surface area contributed by atoms with Crippen molar-refractivity contribution in [2.24, 2.45) is 7.05 Å². The third kappa shape index (κ3) is 2.56. The number of amides is 1. The first-order chi connectivity index (χ1) is 10.7. The topological polar surface area (TPSA) is 82.2 Å². The van der Waals surface area contributed by atoms with E-state index in [1.54, 1.807) is 17.9 Å². The number of rotatable bonds is 4. The second kappa shape index (κ2) is 5.72. The zero-order chi connectivity index (χ0) is 15.5. The summed E-state index contributed by atoms with van der Waals surface area (Å²) in [5.41, 5.74) is 1.84. The van der Waals surface area contributed by atoms with E-state index >= 15 is 0 Å². The molecule has 0 unspecified atom stereocenters. The van der Waals surface area contributed by atoms with Crippen LogP contribution in [0.25, 0.3) is 11.3 Å². The van der Waals surface area contributed by atoms with E-state index in [2.05, 4.69) is 15.3 Å². The van der Waals surface area contributed by atoms with E-state index in [0.29, 0.717) is 5.95 Å². The number of carbonyl (C=O) groups excluding carboxylic acids is 1. The van der Waals surface area contributed by atoms with Crippen molar-refractivity contribution in [3.63, 3.8) is 0 Å². The summed E-state index contributed by atoms with van der Waals surface area (Å²) in [6.45, 7) is 0. The minimum Gasteiger partial charge on any atom is -0.497 e. The fourth-order valence-electron chi connectivity index (χ4n) is 2.05. The van der Waals surface area contributed by atoms with Crippen LogP contribution in [0, 0.1) is 0 Å². The molecular weight excluding hydrogens is 284 g/mol. The number of nitrogens with one attached hydrogen (secondary N) is 1. The van der Waals surface area contributed by atoms with E-state index in [9.17, 15) is 4.79 Å². The number of aromatic nitrogens is 3. The van der Waals surface area contributed by atoms with Crippen LogP contribution in [0.1, 0.15) is 10.6 Å². The predicted molar refractivity (Wildman–Crippen MR) is 79.7 cm³/mol. The standard InChI is InChI=1S/C15H14N4O3/c1-19-12(10-3-5-11(21-2)6-4-10)7-17-15(19)18-14(20)13-8-16-9-22-13/h3-9H,1-2H3,(H,17,18,20). The van der Waals surface area contributed by atoms with Gasteiger partial charge in [0.15, 0.2) is 6.39 Å². The van der Waals surface area contributed by atoms with Gasteiger partial charge in [-0.15, -0.1) is 0 Å². The first-order valence-corrected chi connectivity index (χ1v) is 6.55. The molecule has 0 saturated heterocycles. The Hall–Kier alpha value is -3.09. The summed E-state index contributed by atoms with van der Waals surface area (Å²) in [7, 11) is 3.44. The zero-order valence-corrected chi connectivity index (χ0v) is 12.1. The van der Waals surface area contributed by atoms with Gasteiger partial charge in [0.2, 0.25) is 11.7 Å². The van der Waals surface area contributed by atoms with E-state index in [0.717, 1.165) is 17.0 Å². The average Bonchev–Trinajstić information content (AvgIpc) is 3.19. The number of nitrogens with zero attached hydrogens (tertiary/aromatic N) is 3. The van der Waals surface area contributed by atoms with Gasteiger partial charge in [-0.3, -0.25) is 10.1 Å². The third-order valence-corrected chi connectivity index (χ3v) is 3.26. The van der Waals surface area contributed by atoms with Crippen LogP contribution in [0.15, 0.2) is 47.5 Å². The van der Waals surface area contributed by atoms with Crippen molar-refractivity contribution in [1.82, 2.24) is 14.5 Å². The predicted octanol–water partition coefficient (Wildman–Crippen LogP) is 2.34. The number of hydrogen-bond acceptors (Lipinski definition) is 5. The number of ether oxygens (including phenoxy) is 1. The Balaban J connectivity index is 1.83. The molecule has 112 valence electrons. The molecule has 7 heteroatoms. The van der Waals surface area contributed by atoms with Crippen LogP contribution in [-0.2, 0) is 7.05 Å². The molecule has 0 fully saturated rings. The van der Waals surface area contributed by atoms with Crippen LogP contribution >= 0.6 is 0 Å². The van der Waals surface area contributed by atoms with E-state index in [-0.39, 0.29) is 5.76 Å². The SMILES string of the molecule is COc1ccc(-c2cnc(NC(=O)c3cnco3)n2C)cc1. The van der Waals surface area contributed by atoms with Gasteiger partial charge in [0, 0.05) is 12.6 Å². The van der Waals surface area contributed by atoms with E-state index < -0.39 is 5.91 Å². The Bertz CT molecular complexity index is 776. The Morgan fingerprint density at radius 1 is 1.27 bits per heavy atom. The van der Waals surface area contributed by atoms with Crippen LogP contribution in [0.5, 0.6) is 5.75 Å². The summed E-state index contributed by atoms with van der Waals surface area (Å²) in [6, 6.07) is 7.60. The summed E-state index contributed by atoms with van der Waals surface area (Å²) in [5.74, 6) is 0.943. The van der Waals surface area contributed by atoms with Crippen molar-refractivity contribution >= 4 is 11.9 Å². The summed E-state index contributed by atoms with van der Waals surface area (Å²) in [4.78, 5) is 19.9. The van der Waals surface area contributed by atoms with Crippen LogP contribution in [0.4, 0.5) is 5.95 Å². The van der Waals surface area contributed by atoms with E-state index in [1.165, 1.54) is 12.6 Å². The van der Waals surface area contributed by atoms with Gasteiger partial charge in [-0.05, 0) is 24.3 Å². The molecule has 2 aromatic heterocycles. The lowest BCUT2D eigenvalue weighted by molar-refractivity contribution is 0.0995. The molecular formula is C15H14N4O3. The highest BCUT2D eigenvalue weighted by Crippen LogP contribution is 2.24. The van der Waals surface area contributed by atoms with Gasteiger partial charge in [0.1, 0.15) is 5.75 Å². The summed E-state index contributed by atoms with van der Waals surface area (Å²) in [6.07, 6.45) is 4.25. The molecule has 0 radical (unpaired) electrons. The molecule has 0 aliphatic carbocycles. The van der Waals surface area contributed by atoms with Crippen molar-refractivity contribution in [1.29, 1.82) is 0 Å². The molecule has 0 atom stereocenters. The quantitative estimate of drug-likeness (QED) is 0.799. The molecule has 0 aliphatic heterocycles. The normalized spacial score (nSPS) is 10.5. The molecule has 22 heavy (non-hydrogen) atoms. The van der Waals surface area contributed by atoms with Gasteiger partial charge >= 0.3 is 0 Å². The first-order valence-electron chi connectivity index (χ1n) is 6.55. The van der Waals surface area contributed by atoms with Gasteiger partial charge in [0.05, 0.1) is 25.2 Å². The Labute approximate surface area is 126 Å². The number of oxazole rings is 1. The lowest BCUT2D eigenvalue weighted by Gasteiger charge is -2.07. The molecule has 3 rings (SSSR count). The highest BCUT2D eigenvalue weighted by molar-refractivity contribution is 6.01. The molecule has 7 nitrogen and oxygen atoms in total. The Kier molecular flexibility index (Phi) is 3.61. The lowest BCUT2D eigenvalue weighted by Crippen LogP contribution is -2.14. The molecule has 0 saturated carbocycles. The number of hydrogen-bond donors (Lipinski definition) is 1. The lowest BCUT2D eigenvalue weighted by atomic mass is 10.1. The number of methoxy groups -OCH3 is 1. The Morgan fingerprint density at radius 2 is 2.05 bits per heavy atom. The van der Waals surface area contributed by atoms with Crippen LogP contribution in [0.3, 0.4) is 0 Å². The maximum absolute atomic E-state index is 11.9. The second-order valence-corrected chi connectivity index (χ2v) is 4.57. The molecule has 1 N–H and O–H groups in total. The number of imidazole rings is 1. The van der Waals surface area contributed by atoms with Gasteiger partial charge in [0.25, 0.3) is 5.91 Å². The minimum absolute atomic E-state index is 0.133. The summed E-state index contributed by atoms with van der Waals surface area (Å²) < 4.78 is 11.9. The maximum atomic E-state index is 11.9. The van der Waals surface area contributed by atoms with Gasteiger partial charge in [-0.1, -0.05) is 0 Å². The number of carbonyl (C=O) groups is 1. The highest BCUT2D eigenvalue weighted by atomic mass is 16.5. The Morgan fingerprint density at radius 3 is 2.68 bits per heavy atom. The van der Waals surface area contributed by atoms with Gasteiger partial charge < -0.3 is 13.7 Å². The molecule has 3 aromatic rings. The number of anilines is 1. The monoisotopic (exact) mass is 298 g/mol. The third-order valence-electron chi connectivity index (χ3n) is 3.26. The van der Waals surface area contributed by atoms with E-state index in [1.807, 2.05) is 31.3 Å². The van der Waals surface area contributed by atoms with Crippen LogP contribution in [-0.4, -0.2) is 27.6 Å². The molecule has 0 spiro atoms. The largest absolute Gasteiger partial charge is 0.497 e. The maximum Gasteiger partial charge on any atom is 0.295 e. The summed E-state index contributed by atoms with van der Waals surface area (Å²) in [5, 5.41) is 2.68.